The van der Waals surface area contributed by atoms with Gasteiger partial charge >= 0.3 is 0 Å². The van der Waals surface area contributed by atoms with E-state index in [0.29, 0.717) is 5.25 Å². The zero-order valence-electron chi connectivity index (χ0n) is 6.07. The Balaban J connectivity index is 2.40. The summed E-state index contributed by atoms with van der Waals surface area (Å²) in [5.41, 5.74) is 1.77. The van der Waals surface area contributed by atoms with Gasteiger partial charge in [-0.15, -0.1) is 0 Å². The Hall–Kier alpha value is -0.0900. The summed E-state index contributed by atoms with van der Waals surface area (Å²) >= 11 is 3.15. The van der Waals surface area contributed by atoms with E-state index >= 15 is 0 Å². The minimum absolute atomic E-state index is 0.634. The molecule has 1 heterocycles. The van der Waals surface area contributed by atoms with Crippen molar-refractivity contribution in [2.45, 2.75) is 30.7 Å². The van der Waals surface area contributed by atoms with Crippen LogP contribution in [0.4, 0.5) is 0 Å². The molecule has 0 bridgehead atoms. The predicted molar refractivity (Wildman–Crippen MR) is 45.5 cm³/mol. The summed E-state index contributed by atoms with van der Waals surface area (Å²) in [7, 11) is 0. The van der Waals surface area contributed by atoms with Crippen molar-refractivity contribution in [2.24, 2.45) is 0 Å². The lowest BCUT2D eigenvalue weighted by atomic mass is 10.4. The first-order valence-corrected chi connectivity index (χ1v) is 4.97. The van der Waals surface area contributed by atoms with Gasteiger partial charge in [0.15, 0.2) is 5.16 Å². The fourth-order valence-electron chi connectivity index (χ4n) is 0.476. The van der Waals surface area contributed by atoms with Crippen LogP contribution in [0.5, 0.6) is 0 Å². The highest BCUT2D eigenvalue weighted by Crippen LogP contribution is 2.21. The van der Waals surface area contributed by atoms with E-state index in [1.807, 2.05) is 0 Å². The SMILES string of the molecule is CCC(C)Sc1ncsn1. The van der Waals surface area contributed by atoms with Crippen LogP contribution in [-0.4, -0.2) is 14.6 Å². The number of thioether (sulfide) groups is 1. The molecule has 1 aromatic heterocycles. The average molecular weight is 174 g/mol. The van der Waals surface area contributed by atoms with Crippen LogP contribution in [-0.2, 0) is 0 Å². The molecule has 4 heteroatoms. The molecule has 0 saturated carbocycles. The van der Waals surface area contributed by atoms with Crippen LogP contribution in [0.15, 0.2) is 10.7 Å². The molecular weight excluding hydrogens is 164 g/mol. The molecule has 0 aromatic carbocycles. The van der Waals surface area contributed by atoms with Crippen molar-refractivity contribution in [3.63, 3.8) is 0 Å². The zero-order valence-corrected chi connectivity index (χ0v) is 7.71. The van der Waals surface area contributed by atoms with Crippen molar-refractivity contribution in [3.8, 4) is 0 Å². The Labute approximate surface area is 69.2 Å². The summed E-state index contributed by atoms with van der Waals surface area (Å²) in [4.78, 5) is 4.07. The number of aromatic nitrogens is 2. The second-order valence-corrected chi connectivity index (χ2v) is 4.06. The van der Waals surface area contributed by atoms with Gasteiger partial charge in [0.2, 0.25) is 0 Å². The lowest BCUT2D eigenvalue weighted by Crippen LogP contribution is -1.92. The molecule has 0 amide bonds. The summed E-state index contributed by atoms with van der Waals surface area (Å²) in [5, 5.41) is 1.55. The molecule has 10 heavy (non-hydrogen) atoms. The Morgan fingerprint density at radius 2 is 2.60 bits per heavy atom. The van der Waals surface area contributed by atoms with E-state index in [1.54, 1.807) is 17.3 Å². The van der Waals surface area contributed by atoms with Gasteiger partial charge in [-0.3, -0.25) is 0 Å². The van der Waals surface area contributed by atoms with E-state index in [2.05, 4.69) is 23.2 Å². The molecule has 0 aliphatic rings. The molecule has 0 saturated heterocycles. The first-order chi connectivity index (χ1) is 4.83. The second kappa shape index (κ2) is 3.93. The normalized spacial score (nSPS) is 13.4. The van der Waals surface area contributed by atoms with Gasteiger partial charge in [0.05, 0.1) is 0 Å². The molecule has 0 aliphatic heterocycles. The lowest BCUT2D eigenvalue weighted by Gasteiger charge is -2.01. The maximum atomic E-state index is 4.10. The maximum Gasteiger partial charge on any atom is 0.200 e. The van der Waals surface area contributed by atoms with Crippen LogP contribution < -0.4 is 0 Å². The molecule has 1 rings (SSSR count). The minimum Gasteiger partial charge on any atom is -0.218 e. The van der Waals surface area contributed by atoms with Crippen LogP contribution in [0.2, 0.25) is 0 Å². The van der Waals surface area contributed by atoms with Gasteiger partial charge in [0.1, 0.15) is 5.51 Å². The molecule has 1 aromatic rings. The standard InChI is InChI=1S/C6H10N2S2/c1-3-5(2)10-6-7-4-9-8-6/h4-5H,3H2,1-2H3. The molecule has 2 nitrogen and oxygen atoms in total. The van der Waals surface area contributed by atoms with E-state index in [1.165, 1.54) is 18.0 Å². The van der Waals surface area contributed by atoms with Gasteiger partial charge in [-0.1, -0.05) is 25.6 Å². The largest absolute Gasteiger partial charge is 0.218 e. The van der Waals surface area contributed by atoms with E-state index in [4.69, 9.17) is 0 Å². The van der Waals surface area contributed by atoms with Crippen molar-refractivity contribution < 1.29 is 0 Å². The van der Waals surface area contributed by atoms with E-state index in [-0.39, 0.29) is 0 Å². The third kappa shape index (κ3) is 2.27. The summed E-state index contributed by atoms with van der Waals surface area (Å²) in [6.07, 6.45) is 1.17. The van der Waals surface area contributed by atoms with Crippen molar-refractivity contribution in [3.05, 3.63) is 5.51 Å². The van der Waals surface area contributed by atoms with Crippen molar-refractivity contribution in [2.75, 3.05) is 0 Å². The number of rotatable bonds is 3. The molecule has 0 aliphatic carbocycles. The molecule has 0 N–H and O–H groups in total. The Bertz CT molecular complexity index is 174. The van der Waals surface area contributed by atoms with Crippen LogP contribution >= 0.6 is 23.3 Å². The van der Waals surface area contributed by atoms with E-state index < -0.39 is 0 Å². The van der Waals surface area contributed by atoms with E-state index in [9.17, 15) is 0 Å². The second-order valence-electron chi connectivity index (χ2n) is 2.05. The highest BCUT2D eigenvalue weighted by molar-refractivity contribution is 7.99. The highest BCUT2D eigenvalue weighted by Gasteiger charge is 2.03. The maximum absolute atomic E-state index is 4.10. The Morgan fingerprint density at radius 1 is 1.80 bits per heavy atom. The predicted octanol–water partition coefficient (Wildman–Crippen LogP) is 2.43. The molecule has 1 atom stereocenters. The smallest absolute Gasteiger partial charge is 0.200 e. The summed E-state index contributed by atoms with van der Waals surface area (Å²) in [5.74, 6) is 0. The van der Waals surface area contributed by atoms with Crippen molar-refractivity contribution >= 4 is 23.3 Å². The Kier molecular flexibility index (Phi) is 3.15. The quantitative estimate of drug-likeness (QED) is 0.658. The monoisotopic (exact) mass is 174 g/mol. The first-order valence-electron chi connectivity index (χ1n) is 3.26. The number of hydrogen-bond donors (Lipinski definition) is 0. The first kappa shape index (κ1) is 8.01. The van der Waals surface area contributed by atoms with Crippen LogP contribution in [0.3, 0.4) is 0 Å². The molecular formula is C6H10N2S2. The lowest BCUT2D eigenvalue weighted by molar-refractivity contribution is 0.896. The average Bonchev–Trinajstić information content (AvgIpc) is 2.40. The summed E-state index contributed by atoms with van der Waals surface area (Å²) in [6, 6.07) is 0. The minimum atomic E-state index is 0.634. The molecule has 0 radical (unpaired) electrons. The van der Waals surface area contributed by atoms with Gasteiger partial charge in [-0.25, -0.2) is 4.98 Å². The topological polar surface area (TPSA) is 25.8 Å². The number of hydrogen-bond acceptors (Lipinski definition) is 4. The van der Waals surface area contributed by atoms with Gasteiger partial charge in [0.25, 0.3) is 0 Å². The fraction of sp³-hybridized carbons (Fsp3) is 0.667. The molecule has 0 fully saturated rings. The van der Waals surface area contributed by atoms with Gasteiger partial charge in [0, 0.05) is 5.25 Å². The third-order valence-corrected chi connectivity index (χ3v) is 2.96. The fourth-order valence-corrected chi connectivity index (χ4v) is 1.82. The highest BCUT2D eigenvalue weighted by atomic mass is 32.2. The van der Waals surface area contributed by atoms with Crippen molar-refractivity contribution in [1.29, 1.82) is 0 Å². The van der Waals surface area contributed by atoms with Gasteiger partial charge in [-0.2, -0.15) is 4.37 Å². The zero-order chi connectivity index (χ0) is 7.40. The van der Waals surface area contributed by atoms with Crippen LogP contribution in [0.25, 0.3) is 0 Å². The van der Waals surface area contributed by atoms with Crippen molar-refractivity contribution in [1.82, 2.24) is 9.36 Å². The molecule has 56 valence electrons. The van der Waals surface area contributed by atoms with Gasteiger partial charge in [-0.05, 0) is 18.0 Å². The number of nitrogens with zero attached hydrogens (tertiary/aromatic N) is 2. The summed E-state index contributed by atoms with van der Waals surface area (Å²) in [6.45, 7) is 4.36. The van der Waals surface area contributed by atoms with Crippen LogP contribution in [0, 0.1) is 0 Å². The van der Waals surface area contributed by atoms with Crippen LogP contribution in [0.1, 0.15) is 20.3 Å². The van der Waals surface area contributed by atoms with Gasteiger partial charge < -0.3 is 0 Å². The summed E-state index contributed by atoms with van der Waals surface area (Å²) < 4.78 is 4.10. The Morgan fingerprint density at radius 3 is 3.10 bits per heavy atom. The van der Waals surface area contributed by atoms with E-state index in [0.717, 1.165) is 5.16 Å². The third-order valence-electron chi connectivity index (χ3n) is 1.22. The molecule has 0 spiro atoms. The molecule has 1 unspecified atom stereocenters.